The van der Waals surface area contributed by atoms with Crippen LogP contribution in [0.1, 0.15) is 32.8 Å². The van der Waals surface area contributed by atoms with Gasteiger partial charge in [0.15, 0.2) is 5.75 Å². The number of rotatable bonds is 5. The van der Waals surface area contributed by atoms with Gasteiger partial charge in [0.2, 0.25) is 0 Å². The van der Waals surface area contributed by atoms with Crippen molar-refractivity contribution in [1.29, 1.82) is 0 Å². The molecule has 1 rings (SSSR count). The van der Waals surface area contributed by atoms with Gasteiger partial charge in [-0.15, -0.1) is 0 Å². The summed E-state index contributed by atoms with van der Waals surface area (Å²) in [5.41, 5.74) is 12.1. The fraction of sp³-hybridized carbons (Fsp3) is 0.533. The number of nitrogens with two attached hydrogens (primary N) is 2. The molecule has 0 aliphatic heterocycles. The second kappa shape index (κ2) is 6.11. The Morgan fingerprint density at radius 3 is 2.50 bits per heavy atom. The van der Waals surface area contributed by atoms with Gasteiger partial charge in [0.25, 0.3) is 0 Å². The molecule has 0 aliphatic rings. The Hall–Kier alpha value is -1.78. The second-order valence-corrected chi connectivity index (χ2v) is 5.72. The molecule has 4 N–H and O–H groups in total. The predicted octanol–water partition coefficient (Wildman–Crippen LogP) is 3.09. The third-order valence-electron chi connectivity index (χ3n) is 3.61. The van der Waals surface area contributed by atoms with Crippen molar-refractivity contribution in [3.8, 4) is 5.75 Å². The Kier molecular flexibility index (Phi) is 4.98. The molecule has 0 aromatic heterocycles. The van der Waals surface area contributed by atoms with Gasteiger partial charge in [0, 0.05) is 5.41 Å². The number of alkyl halides is 1. The minimum atomic E-state index is -0.769. The standard InChI is InChI=1S/C15H23FN2O2/c1-5-10(15(3,4)8-16)14(19)20-13-9(2)6-7-11(17)12(13)18/h6-7,10H,5,8,17-18H2,1-4H3. The van der Waals surface area contributed by atoms with E-state index < -0.39 is 24.0 Å². The van der Waals surface area contributed by atoms with Crippen molar-refractivity contribution in [3.63, 3.8) is 0 Å². The molecule has 0 aliphatic carbocycles. The number of anilines is 2. The molecule has 1 atom stereocenters. The van der Waals surface area contributed by atoms with E-state index in [1.165, 1.54) is 0 Å². The summed E-state index contributed by atoms with van der Waals surface area (Å²) in [6.07, 6.45) is 0.497. The predicted molar refractivity (Wildman–Crippen MR) is 79.2 cm³/mol. The fourth-order valence-electron chi connectivity index (χ4n) is 2.16. The number of ether oxygens (including phenoxy) is 1. The Balaban J connectivity index is 3.04. The SMILES string of the molecule is CCC(C(=O)Oc1c(C)ccc(N)c1N)C(C)(C)CF. The van der Waals surface area contributed by atoms with Gasteiger partial charge in [-0.1, -0.05) is 26.8 Å². The van der Waals surface area contributed by atoms with Crippen LogP contribution in [0.2, 0.25) is 0 Å². The summed E-state index contributed by atoms with van der Waals surface area (Å²) < 4.78 is 18.5. The molecule has 1 aromatic rings. The van der Waals surface area contributed by atoms with Crippen molar-refractivity contribution in [2.75, 3.05) is 18.1 Å². The van der Waals surface area contributed by atoms with E-state index in [-0.39, 0.29) is 11.4 Å². The van der Waals surface area contributed by atoms with E-state index in [0.29, 0.717) is 12.1 Å². The highest BCUT2D eigenvalue weighted by molar-refractivity contribution is 5.81. The van der Waals surface area contributed by atoms with Gasteiger partial charge in [-0.25, -0.2) is 0 Å². The van der Waals surface area contributed by atoms with Crippen molar-refractivity contribution in [3.05, 3.63) is 17.7 Å². The van der Waals surface area contributed by atoms with Gasteiger partial charge in [-0.3, -0.25) is 9.18 Å². The quantitative estimate of drug-likeness (QED) is 0.494. The molecule has 0 fully saturated rings. The van der Waals surface area contributed by atoms with Crippen LogP contribution in [0.15, 0.2) is 12.1 Å². The van der Waals surface area contributed by atoms with Crippen LogP contribution in [0.3, 0.4) is 0 Å². The number of carbonyl (C=O) groups excluding carboxylic acids is 1. The van der Waals surface area contributed by atoms with Gasteiger partial charge in [-0.05, 0) is 25.0 Å². The van der Waals surface area contributed by atoms with E-state index in [9.17, 15) is 9.18 Å². The van der Waals surface area contributed by atoms with Crippen molar-refractivity contribution >= 4 is 17.3 Å². The monoisotopic (exact) mass is 282 g/mol. The molecular formula is C15H23FN2O2. The number of nitrogen functional groups attached to an aromatic ring is 2. The molecular weight excluding hydrogens is 259 g/mol. The van der Waals surface area contributed by atoms with Gasteiger partial charge in [0.1, 0.15) is 0 Å². The molecule has 20 heavy (non-hydrogen) atoms. The van der Waals surface area contributed by atoms with Crippen LogP contribution in [0.5, 0.6) is 5.75 Å². The van der Waals surface area contributed by atoms with Crippen LogP contribution < -0.4 is 16.2 Å². The molecule has 0 radical (unpaired) electrons. The number of benzene rings is 1. The summed E-state index contributed by atoms with van der Waals surface area (Å²) in [6, 6.07) is 3.39. The van der Waals surface area contributed by atoms with E-state index in [0.717, 1.165) is 5.56 Å². The molecule has 0 spiro atoms. The van der Waals surface area contributed by atoms with E-state index in [4.69, 9.17) is 16.2 Å². The van der Waals surface area contributed by atoms with Crippen molar-refractivity contribution in [2.24, 2.45) is 11.3 Å². The molecule has 0 bridgehead atoms. The van der Waals surface area contributed by atoms with E-state index in [2.05, 4.69) is 0 Å². The van der Waals surface area contributed by atoms with Gasteiger partial charge < -0.3 is 16.2 Å². The van der Waals surface area contributed by atoms with Crippen molar-refractivity contribution < 1.29 is 13.9 Å². The van der Waals surface area contributed by atoms with Crippen LogP contribution in [0.25, 0.3) is 0 Å². The smallest absolute Gasteiger partial charge is 0.315 e. The normalized spacial score (nSPS) is 13.1. The van der Waals surface area contributed by atoms with Crippen LogP contribution in [0.4, 0.5) is 15.8 Å². The molecule has 4 nitrogen and oxygen atoms in total. The zero-order chi connectivity index (χ0) is 15.5. The Morgan fingerprint density at radius 1 is 1.40 bits per heavy atom. The fourth-order valence-corrected chi connectivity index (χ4v) is 2.16. The van der Waals surface area contributed by atoms with Gasteiger partial charge in [0.05, 0.1) is 24.0 Å². The first-order valence-corrected chi connectivity index (χ1v) is 6.66. The average Bonchev–Trinajstić information content (AvgIpc) is 2.39. The summed E-state index contributed by atoms with van der Waals surface area (Å²) >= 11 is 0. The maximum Gasteiger partial charge on any atom is 0.315 e. The van der Waals surface area contributed by atoms with E-state index >= 15 is 0 Å². The summed E-state index contributed by atoms with van der Waals surface area (Å²) in [4.78, 5) is 12.3. The zero-order valence-electron chi connectivity index (χ0n) is 12.5. The molecule has 5 heteroatoms. The molecule has 1 unspecified atom stereocenters. The number of hydrogen-bond donors (Lipinski definition) is 2. The topological polar surface area (TPSA) is 78.3 Å². The Morgan fingerprint density at radius 2 is 2.00 bits per heavy atom. The van der Waals surface area contributed by atoms with Gasteiger partial charge in [-0.2, -0.15) is 0 Å². The lowest BCUT2D eigenvalue weighted by atomic mass is 9.78. The summed E-state index contributed by atoms with van der Waals surface area (Å²) in [5, 5.41) is 0. The largest absolute Gasteiger partial charge is 0.424 e. The molecule has 0 amide bonds. The summed E-state index contributed by atoms with van der Waals surface area (Å²) in [7, 11) is 0. The number of carbonyl (C=O) groups is 1. The first kappa shape index (κ1) is 16.3. The summed E-state index contributed by atoms with van der Waals surface area (Å²) in [6.45, 7) is 6.43. The van der Waals surface area contributed by atoms with Crippen LogP contribution in [-0.2, 0) is 4.79 Å². The molecule has 0 saturated heterocycles. The molecule has 0 heterocycles. The van der Waals surface area contributed by atoms with Crippen LogP contribution in [0, 0.1) is 18.3 Å². The number of aryl methyl sites for hydroxylation is 1. The highest BCUT2D eigenvalue weighted by atomic mass is 19.1. The van der Waals surface area contributed by atoms with E-state index in [1.54, 1.807) is 32.9 Å². The summed E-state index contributed by atoms with van der Waals surface area (Å²) in [5.74, 6) is -0.744. The lowest BCUT2D eigenvalue weighted by Gasteiger charge is -2.29. The maximum atomic E-state index is 13.1. The lowest BCUT2D eigenvalue weighted by molar-refractivity contribution is -0.143. The zero-order valence-corrected chi connectivity index (χ0v) is 12.5. The molecule has 1 aromatic carbocycles. The Bertz CT molecular complexity index is 501. The number of esters is 1. The third kappa shape index (κ3) is 3.21. The highest BCUT2D eigenvalue weighted by Gasteiger charge is 2.35. The Labute approximate surface area is 119 Å². The lowest BCUT2D eigenvalue weighted by Crippen LogP contribution is -2.35. The van der Waals surface area contributed by atoms with Crippen molar-refractivity contribution in [2.45, 2.75) is 34.1 Å². The molecule has 0 saturated carbocycles. The van der Waals surface area contributed by atoms with Crippen molar-refractivity contribution in [1.82, 2.24) is 0 Å². The van der Waals surface area contributed by atoms with Crippen LogP contribution >= 0.6 is 0 Å². The van der Waals surface area contributed by atoms with Crippen LogP contribution in [-0.4, -0.2) is 12.6 Å². The van der Waals surface area contributed by atoms with E-state index in [1.807, 2.05) is 6.92 Å². The highest BCUT2D eigenvalue weighted by Crippen LogP contribution is 2.35. The molecule has 112 valence electrons. The first-order chi connectivity index (χ1) is 9.24. The average molecular weight is 282 g/mol. The minimum Gasteiger partial charge on any atom is -0.424 e. The number of halogens is 1. The minimum absolute atomic E-state index is 0.242. The number of hydrogen-bond acceptors (Lipinski definition) is 4. The second-order valence-electron chi connectivity index (χ2n) is 5.72. The maximum absolute atomic E-state index is 13.1. The third-order valence-corrected chi connectivity index (χ3v) is 3.61. The first-order valence-electron chi connectivity index (χ1n) is 6.66. The van der Waals surface area contributed by atoms with Gasteiger partial charge >= 0.3 is 5.97 Å².